The van der Waals surface area contributed by atoms with Crippen LogP contribution in [0.5, 0.6) is 5.75 Å². The molecule has 0 aliphatic heterocycles. The lowest BCUT2D eigenvalue weighted by atomic mass is 10.1. The van der Waals surface area contributed by atoms with E-state index >= 15 is 0 Å². The standard InChI is InChI=1S/C21H22F3N5O3.C4H10.C3H8/c1-11(25)19-17(12(2)27-9-8-26-10-30)29-20(32-19)14-4-6-15(31-3)18-13(14)5-7-16(28-18)21(22,23)24;1-3-4-2;1-3-2/h4-7,10-11,27H,2,8-9,25H2,1,3H3,(H,26,30);3-4H2,1-2H3;3H2,1-2H3/t11-;;/m0../s1. The Kier molecular flexibility index (Phi) is 14.0. The zero-order valence-corrected chi connectivity index (χ0v) is 23.5. The topological polar surface area (TPSA) is 115 Å². The number of aromatic nitrogens is 2. The highest BCUT2D eigenvalue weighted by molar-refractivity contribution is 5.96. The molecule has 0 aliphatic carbocycles. The van der Waals surface area contributed by atoms with Crippen molar-refractivity contribution in [1.29, 1.82) is 0 Å². The summed E-state index contributed by atoms with van der Waals surface area (Å²) in [7, 11) is 1.35. The Balaban J connectivity index is 0.000000975. The van der Waals surface area contributed by atoms with Crippen LogP contribution in [0.15, 0.2) is 35.3 Å². The molecular weight excluding hydrogens is 511 g/mol. The highest BCUT2D eigenvalue weighted by Crippen LogP contribution is 2.37. The van der Waals surface area contributed by atoms with Gasteiger partial charge < -0.3 is 25.5 Å². The summed E-state index contributed by atoms with van der Waals surface area (Å²) in [4.78, 5) is 18.6. The molecule has 2 heterocycles. The number of nitrogens with two attached hydrogens (primary N) is 1. The van der Waals surface area contributed by atoms with E-state index in [9.17, 15) is 18.0 Å². The third-order valence-electron chi connectivity index (χ3n) is 5.10. The van der Waals surface area contributed by atoms with Gasteiger partial charge in [-0.15, -0.1) is 0 Å². The van der Waals surface area contributed by atoms with E-state index in [1.54, 1.807) is 13.0 Å². The Morgan fingerprint density at radius 2 is 1.77 bits per heavy atom. The molecule has 1 atom stereocenters. The molecule has 4 N–H and O–H groups in total. The molecule has 0 radical (unpaired) electrons. The van der Waals surface area contributed by atoms with E-state index in [0.717, 1.165) is 6.07 Å². The van der Waals surface area contributed by atoms with Gasteiger partial charge in [-0.25, -0.2) is 9.97 Å². The van der Waals surface area contributed by atoms with E-state index in [1.165, 1.54) is 38.5 Å². The van der Waals surface area contributed by atoms with Gasteiger partial charge in [-0.2, -0.15) is 13.2 Å². The second-order valence-electron chi connectivity index (χ2n) is 8.61. The Morgan fingerprint density at radius 1 is 1.13 bits per heavy atom. The fourth-order valence-electron chi connectivity index (χ4n) is 3.10. The van der Waals surface area contributed by atoms with Crippen molar-refractivity contribution >= 4 is 23.0 Å². The van der Waals surface area contributed by atoms with E-state index in [2.05, 4.69) is 54.9 Å². The van der Waals surface area contributed by atoms with Gasteiger partial charge in [0, 0.05) is 24.0 Å². The normalized spacial score (nSPS) is 11.4. The van der Waals surface area contributed by atoms with Crippen molar-refractivity contribution in [3.05, 3.63) is 48.0 Å². The van der Waals surface area contributed by atoms with Crippen LogP contribution in [-0.4, -0.2) is 36.6 Å². The number of nitrogens with zero attached hydrogens (tertiary/aromatic N) is 2. The summed E-state index contributed by atoms with van der Waals surface area (Å²) < 4.78 is 50.6. The van der Waals surface area contributed by atoms with Gasteiger partial charge >= 0.3 is 6.18 Å². The van der Waals surface area contributed by atoms with E-state index in [-0.39, 0.29) is 17.2 Å². The molecule has 3 rings (SSSR count). The van der Waals surface area contributed by atoms with Gasteiger partial charge in [0.1, 0.15) is 22.7 Å². The molecule has 216 valence electrons. The third kappa shape index (κ3) is 9.58. The molecule has 0 saturated carbocycles. The Morgan fingerprint density at radius 3 is 2.28 bits per heavy atom. The maximum atomic E-state index is 13.2. The van der Waals surface area contributed by atoms with E-state index in [4.69, 9.17) is 14.9 Å². The monoisotopic (exact) mass is 551 g/mol. The second kappa shape index (κ2) is 16.4. The Hall–Kier alpha value is -3.60. The molecule has 8 nitrogen and oxygen atoms in total. The molecule has 0 spiro atoms. The summed E-state index contributed by atoms with van der Waals surface area (Å²) >= 11 is 0. The summed E-state index contributed by atoms with van der Waals surface area (Å²) in [5, 5.41) is 5.91. The smallest absolute Gasteiger partial charge is 0.433 e. The number of unbranched alkanes of at least 4 members (excludes halogenated alkanes) is 1. The van der Waals surface area contributed by atoms with Crippen molar-refractivity contribution < 1.29 is 27.1 Å². The molecule has 0 saturated heterocycles. The highest BCUT2D eigenvalue weighted by atomic mass is 19.4. The van der Waals surface area contributed by atoms with Crippen molar-refractivity contribution in [2.45, 2.75) is 66.1 Å². The molecule has 0 aliphatic rings. The number of rotatable bonds is 10. The minimum atomic E-state index is -4.60. The van der Waals surface area contributed by atoms with Crippen LogP contribution in [0.3, 0.4) is 0 Å². The number of alkyl halides is 3. The number of halogens is 3. The van der Waals surface area contributed by atoms with E-state index in [0.29, 0.717) is 47.6 Å². The fraction of sp³-hybridized carbons (Fsp3) is 0.464. The van der Waals surface area contributed by atoms with Gasteiger partial charge in [0.05, 0.1) is 18.8 Å². The second-order valence-corrected chi connectivity index (χ2v) is 8.61. The predicted octanol–water partition coefficient (Wildman–Crippen LogP) is 6.47. The number of ether oxygens (including phenoxy) is 1. The number of carbonyl (C=O) groups excluding carboxylic acids is 1. The molecule has 1 amide bonds. The highest BCUT2D eigenvalue weighted by Gasteiger charge is 2.33. The van der Waals surface area contributed by atoms with Gasteiger partial charge in [0.25, 0.3) is 0 Å². The molecule has 39 heavy (non-hydrogen) atoms. The molecule has 0 fully saturated rings. The van der Waals surface area contributed by atoms with Crippen molar-refractivity contribution in [1.82, 2.24) is 20.6 Å². The number of hydrogen-bond acceptors (Lipinski definition) is 7. The molecule has 2 aromatic heterocycles. The maximum Gasteiger partial charge on any atom is 0.433 e. The van der Waals surface area contributed by atoms with Crippen molar-refractivity contribution in [2.75, 3.05) is 20.2 Å². The molecule has 1 aromatic carbocycles. The van der Waals surface area contributed by atoms with Crippen LogP contribution in [0.25, 0.3) is 28.1 Å². The first-order valence-electron chi connectivity index (χ1n) is 12.9. The average Bonchev–Trinajstić information content (AvgIpc) is 3.36. The van der Waals surface area contributed by atoms with Crippen molar-refractivity contribution in [3.8, 4) is 17.2 Å². The first-order valence-corrected chi connectivity index (χ1v) is 12.9. The van der Waals surface area contributed by atoms with Gasteiger partial charge in [-0.05, 0) is 31.2 Å². The summed E-state index contributed by atoms with van der Waals surface area (Å²) in [5.74, 6) is 0.683. The number of methoxy groups -OCH3 is 1. The lowest BCUT2D eigenvalue weighted by Crippen LogP contribution is -2.25. The van der Waals surface area contributed by atoms with Gasteiger partial charge in [-0.1, -0.05) is 53.5 Å². The van der Waals surface area contributed by atoms with Crippen LogP contribution in [-0.2, 0) is 11.0 Å². The minimum absolute atomic E-state index is 0.0267. The minimum Gasteiger partial charge on any atom is -0.494 e. The summed E-state index contributed by atoms with van der Waals surface area (Å²) in [5.41, 5.74) is 6.25. The maximum absolute atomic E-state index is 13.2. The fourth-order valence-corrected chi connectivity index (χ4v) is 3.10. The predicted molar refractivity (Wildman–Crippen MR) is 149 cm³/mol. The van der Waals surface area contributed by atoms with E-state index < -0.39 is 17.9 Å². The van der Waals surface area contributed by atoms with Gasteiger partial charge in [-0.3, -0.25) is 4.79 Å². The Labute approximate surface area is 228 Å². The third-order valence-corrected chi connectivity index (χ3v) is 5.10. The molecule has 0 unspecified atom stereocenters. The molecular formula is C28H40F3N5O3. The van der Waals surface area contributed by atoms with Crippen LogP contribution in [0, 0.1) is 0 Å². The number of hydrogen-bond donors (Lipinski definition) is 3. The van der Waals surface area contributed by atoms with Crippen LogP contribution in [0.4, 0.5) is 13.2 Å². The number of fused-ring (bicyclic) bond motifs is 1. The number of amides is 1. The number of nitrogens with one attached hydrogen (secondary N) is 2. The first-order chi connectivity index (χ1) is 18.5. The largest absolute Gasteiger partial charge is 0.494 e. The molecule has 3 aromatic rings. The van der Waals surface area contributed by atoms with Crippen LogP contribution in [0.2, 0.25) is 0 Å². The quantitative estimate of drug-likeness (QED) is 0.195. The SMILES string of the molecule is C=C(NCCNC=O)c1nc(-c2ccc(OC)c3nc(C(F)(F)F)ccc23)oc1[C@H](C)N.CCC.CCCC. The zero-order valence-electron chi connectivity index (χ0n) is 23.5. The van der Waals surface area contributed by atoms with Crippen LogP contribution in [0.1, 0.15) is 77.1 Å². The first kappa shape index (κ1) is 33.4. The van der Waals surface area contributed by atoms with Gasteiger partial charge in [0.15, 0.2) is 5.76 Å². The average molecular weight is 552 g/mol. The summed E-state index contributed by atoms with van der Waals surface area (Å²) in [6.07, 6.45) is -0.130. The van der Waals surface area contributed by atoms with Crippen molar-refractivity contribution in [2.24, 2.45) is 5.73 Å². The van der Waals surface area contributed by atoms with Gasteiger partial charge in [0.2, 0.25) is 12.3 Å². The number of carbonyl (C=O) groups is 1. The summed E-state index contributed by atoms with van der Waals surface area (Å²) in [6.45, 7) is 15.0. The number of benzene rings is 1. The summed E-state index contributed by atoms with van der Waals surface area (Å²) in [6, 6.07) is 4.79. The molecule has 11 heteroatoms. The number of pyridine rings is 1. The van der Waals surface area contributed by atoms with E-state index in [1.807, 2.05) is 0 Å². The number of oxazole rings is 1. The van der Waals surface area contributed by atoms with Crippen LogP contribution >= 0.6 is 0 Å². The Bertz CT molecular complexity index is 1190. The van der Waals surface area contributed by atoms with Crippen LogP contribution < -0.4 is 21.1 Å². The zero-order chi connectivity index (χ0) is 29.6. The lowest BCUT2D eigenvalue weighted by molar-refractivity contribution is -0.141. The molecule has 0 bridgehead atoms. The lowest BCUT2D eigenvalue weighted by Gasteiger charge is -2.11. The van der Waals surface area contributed by atoms with Crippen molar-refractivity contribution in [3.63, 3.8) is 0 Å².